The molecule has 1 fully saturated rings. The minimum Gasteiger partial charge on any atom is -0.368 e. The monoisotopic (exact) mass is 409 g/mol. The van der Waals surface area contributed by atoms with Crippen molar-refractivity contribution in [3.63, 3.8) is 0 Å². The van der Waals surface area contributed by atoms with Gasteiger partial charge in [-0.05, 0) is 56.9 Å². The Morgan fingerprint density at radius 1 is 1.30 bits per heavy atom. The Morgan fingerprint density at radius 2 is 2.07 bits per heavy atom. The summed E-state index contributed by atoms with van der Waals surface area (Å²) in [5.74, 6) is -1.18. The number of nitrogens with one attached hydrogen (secondary N) is 2. The van der Waals surface area contributed by atoms with Gasteiger partial charge < -0.3 is 16.4 Å². The largest absolute Gasteiger partial charge is 0.368 e. The zero-order chi connectivity index (χ0) is 21.5. The molecular formula is C22H27N5O3. The molecule has 3 rings (SSSR count). The number of primary amides is 1. The molecule has 3 amide bonds. The fraction of sp³-hybridized carbons (Fsp3) is 0.409. The van der Waals surface area contributed by atoms with Gasteiger partial charge in [-0.3, -0.25) is 14.4 Å². The topological polar surface area (TPSA) is 127 Å². The van der Waals surface area contributed by atoms with Gasteiger partial charge in [0.2, 0.25) is 11.8 Å². The number of nitrogens with two attached hydrogens (primary N) is 1. The lowest BCUT2D eigenvalue weighted by Crippen LogP contribution is -2.44. The number of aryl methyl sites for hydroxylation is 1. The van der Waals surface area contributed by atoms with Gasteiger partial charge in [-0.15, -0.1) is 0 Å². The van der Waals surface area contributed by atoms with E-state index in [1.165, 1.54) is 6.08 Å². The van der Waals surface area contributed by atoms with Gasteiger partial charge in [-0.2, -0.15) is 0 Å². The summed E-state index contributed by atoms with van der Waals surface area (Å²) < 4.78 is 0. The van der Waals surface area contributed by atoms with Gasteiger partial charge in [-0.1, -0.05) is 18.9 Å². The molecule has 0 aromatic carbocycles. The predicted molar refractivity (Wildman–Crippen MR) is 113 cm³/mol. The van der Waals surface area contributed by atoms with Crippen molar-refractivity contribution in [2.45, 2.75) is 57.5 Å². The number of amides is 3. The molecule has 0 spiro atoms. The molecule has 4 N–H and O–H groups in total. The summed E-state index contributed by atoms with van der Waals surface area (Å²) in [5, 5.41) is 6.38. The van der Waals surface area contributed by atoms with Crippen LogP contribution in [0.3, 0.4) is 0 Å². The maximum atomic E-state index is 12.7. The summed E-state index contributed by atoms with van der Waals surface area (Å²) in [6.45, 7) is 1.72. The first-order valence-electron chi connectivity index (χ1n) is 10.2. The van der Waals surface area contributed by atoms with Crippen LogP contribution in [0.25, 0.3) is 11.0 Å². The third-order valence-corrected chi connectivity index (χ3v) is 5.27. The van der Waals surface area contributed by atoms with Crippen LogP contribution in [0.4, 0.5) is 0 Å². The highest BCUT2D eigenvalue weighted by Crippen LogP contribution is 2.17. The van der Waals surface area contributed by atoms with Gasteiger partial charge in [-0.25, -0.2) is 9.97 Å². The fourth-order valence-corrected chi connectivity index (χ4v) is 3.62. The number of fused-ring (bicyclic) bond motifs is 1. The summed E-state index contributed by atoms with van der Waals surface area (Å²) in [7, 11) is 0. The highest BCUT2D eigenvalue weighted by molar-refractivity contribution is 6.00. The number of hydrogen-bond donors (Lipinski definition) is 3. The number of nitrogens with zero attached hydrogens (tertiary/aromatic N) is 2. The van der Waals surface area contributed by atoms with Crippen LogP contribution in [0.1, 0.15) is 54.6 Å². The van der Waals surface area contributed by atoms with E-state index < -0.39 is 17.9 Å². The van der Waals surface area contributed by atoms with Crippen LogP contribution in [0, 0.1) is 6.92 Å². The normalized spacial score (nSPS) is 15.4. The van der Waals surface area contributed by atoms with Crippen molar-refractivity contribution in [1.82, 2.24) is 20.6 Å². The number of allylic oxidation sites excluding steroid dienone is 1. The van der Waals surface area contributed by atoms with E-state index in [0.29, 0.717) is 29.7 Å². The minimum atomic E-state index is -0.843. The zero-order valence-electron chi connectivity index (χ0n) is 17.1. The van der Waals surface area contributed by atoms with E-state index in [4.69, 9.17) is 5.73 Å². The molecule has 1 atom stereocenters. The standard InChI is InChI=1S/C22H27N5O3/c1-14-17(13-15-7-6-12-24-21(15)25-14)22(30)27-18(20(23)29)10-4-5-11-19(28)26-16-8-2-3-9-16/h5-7,11-13,16,18H,2-4,8-10H2,1H3,(H2,23,29)(H,26,28)(H,27,30). The second-order valence-corrected chi connectivity index (χ2v) is 7.57. The molecule has 0 aliphatic heterocycles. The van der Waals surface area contributed by atoms with Crippen molar-refractivity contribution in [3.05, 3.63) is 47.8 Å². The van der Waals surface area contributed by atoms with E-state index in [9.17, 15) is 14.4 Å². The highest BCUT2D eigenvalue weighted by atomic mass is 16.2. The van der Waals surface area contributed by atoms with Crippen molar-refractivity contribution in [1.29, 1.82) is 0 Å². The highest BCUT2D eigenvalue weighted by Gasteiger charge is 2.20. The molecule has 1 unspecified atom stereocenters. The van der Waals surface area contributed by atoms with Crippen LogP contribution in [-0.2, 0) is 9.59 Å². The summed E-state index contributed by atoms with van der Waals surface area (Å²) in [5.41, 5.74) is 6.90. The van der Waals surface area contributed by atoms with Crippen molar-refractivity contribution >= 4 is 28.8 Å². The first-order valence-corrected chi connectivity index (χ1v) is 10.2. The fourth-order valence-electron chi connectivity index (χ4n) is 3.62. The number of pyridine rings is 2. The van der Waals surface area contributed by atoms with Gasteiger partial charge in [0.25, 0.3) is 5.91 Å². The molecule has 0 saturated heterocycles. The Bertz CT molecular complexity index is 966. The van der Waals surface area contributed by atoms with Crippen LogP contribution in [-0.4, -0.2) is 39.8 Å². The number of carbonyl (C=O) groups excluding carboxylic acids is 3. The lowest BCUT2D eigenvalue weighted by Gasteiger charge is -2.15. The van der Waals surface area contributed by atoms with Gasteiger partial charge in [0, 0.05) is 17.6 Å². The predicted octanol–water partition coefficient (Wildman–Crippen LogP) is 1.92. The third-order valence-electron chi connectivity index (χ3n) is 5.27. The molecule has 8 heteroatoms. The molecule has 2 heterocycles. The lowest BCUT2D eigenvalue weighted by atomic mass is 10.1. The van der Waals surface area contributed by atoms with E-state index in [-0.39, 0.29) is 11.9 Å². The van der Waals surface area contributed by atoms with E-state index in [1.54, 1.807) is 31.3 Å². The molecule has 2 aromatic heterocycles. The molecular weight excluding hydrogens is 382 g/mol. The zero-order valence-corrected chi connectivity index (χ0v) is 17.1. The lowest BCUT2D eigenvalue weighted by molar-refractivity contribution is -0.120. The Balaban J connectivity index is 1.56. The number of rotatable bonds is 8. The van der Waals surface area contributed by atoms with Gasteiger partial charge in [0.05, 0.1) is 11.3 Å². The number of aromatic nitrogens is 2. The second-order valence-electron chi connectivity index (χ2n) is 7.57. The Morgan fingerprint density at radius 3 is 2.80 bits per heavy atom. The Hall–Kier alpha value is -3.29. The van der Waals surface area contributed by atoms with Gasteiger partial charge >= 0.3 is 0 Å². The van der Waals surface area contributed by atoms with Crippen molar-refractivity contribution in [2.75, 3.05) is 0 Å². The van der Waals surface area contributed by atoms with Crippen LogP contribution >= 0.6 is 0 Å². The molecule has 0 radical (unpaired) electrons. The smallest absolute Gasteiger partial charge is 0.253 e. The van der Waals surface area contributed by atoms with E-state index in [1.807, 2.05) is 6.07 Å². The molecule has 1 saturated carbocycles. The minimum absolute atomic E-state index is 0.131. The first-order chi connectivity index (χ1) is 14.4. The Kier molecular flexibility index (Phi) is 7.11. The maximum Gasteiger partial charge on any atom is 0.253 e. The quantitative estimate of drug-likeness (QED) is 0.574. The van der Waals surface area contributed by atoms with E-state index in [2.05, 4.69) is 20.6 Å². The van der Waals surface area contributed by atoms with Crippen LogP contribution in [0.5, 0.6) is 0 Å². The summed E-state index contributed by atoms with van der Waals surface area (Å²) in [4.78, 5) is 44.9. The molecule has 2 aromatic rings. The SMILES string of the molecule is Cc1nc2ncccc2cc1C(=O)NC(CCC=CC(=O)NC1CCCC1)C(N)=O. The van der Waals surface area contributed by atoms with E-state index in [0.717, 1.165) is 31.1 Å². The average Bonchev–Trinajstić information content (AvgIpc) is 3.22. The van der Waals surface area contributed by atoms with Crippen molar-refractivity contribution in [3.8, 4) is 0 Å². The first kappa shape index (κ1) is 21.4. The van der Waals surface area contributed by atoms with Gasteiger partial charge in [0.15, 0.2) is 5.65 Å². The summed E-state index contributed by atoms with van der Waals surface area (Å²) in [6, 6.07) is 4.70. The van der Waals surface area contributed by atoms with Crippen LogP contribution in [0.2, 0.25) is 0 Å². The Labute approximate surface area is 175 Å². The molecule has 1 aliphatic carbocycles. The molecule has 1 aliphatic rings. The molecule has 158 valence electrons. The van der Waals surface area contributed by atoms with Crippen LogP contribution in [0.15, 0.2) is 36.5 Å². The molecule has 0 bridgehead atoms. The number of carbonyl (C=O) groups is 3. The summed E-state index contributed by atoms with van der Waals surface area (Å²) in [6.07, 6.45) is 9.89. The van der Waals surface area contributed by atoms with Crippen LogP contribution < -0.4 is 16.4 Å². The second kappa shape index (κ2) is 9.96. The third kappa shape index (κ3) is 5.62. The van der Waals surface area contributed by atoms with E-state index >= 15 is 0 Å². The van der Waals surface area contributed by atoms with Crippen molar-refractivity contribution in [2.24, 2.45) is 5.73 Å². The van der Waals surface area contributed by atoms with Gasteiger partial charge in [0.1, 0.15) is 6.04 Å². The summed E-state index contributed by atoms with van der Waals surface area (Å²) >= 11 is 0. The number of hydrogen-bond acceptors (Lipinski definition) is 5. The molecule has 8 nitrogen and oxygen atoms in total. The molecule has 30 heavy (non-hydrogen) atoms. The van der Waals surface area contributed by atoms with Crippen molar-refractivity contribution < 1.29 is 14.4 Å². The maximum absolute atomic E-state index is 12.7. The average molecular weight is 409 g/mol.